The van der Waals surface area contributed by atoms with Crippen molar-refractivity contribution in [2.45, 2.75) is 16.8 Å². The Morgan fingerprint density at radius 1 is 1.00 bits per heavy atom. The van der Waals surface area contributed by atoms with E-state index in [1.807, 2.05) is 30.3 Å². The number of allylic oxidation sites excluding steroid dienone is 1. The van der Waals surface area contributed by atoms with Crippen molar-refractivity contribution in [2.24, 2.45) is 0 Å². The molecule has 0 radical (unpaired) electrons. The molecule has 2 nitrogen and oxygen atoms in total. The Hall–Kier alpha value is -0.683. The standard InChI is InChI=1S/C9H7.C7H7NO.C2H7Si.2ClH.Hf/c1-2-5-9-7-3-6-8(9)4-1;8-7(9)6-4-2-1-3-5-6;1-3-2;;;/h1-7H;1-5H,(H2,8,9);3H,1-2H3;2*1H;/q;;;;;+3/p-3. The number of amides is 1. The van der Waals surface area contributed by atoms with Crippen LogP contribution in [0.4, 0.5) is 0 Å². The third kappa shape index (κ3) is 4.69. The van der Waals surface area contributed by atoms with E-state index in [9.17, 15) is 4.79 Å². The normalized spacial score (nSPS) is 14.4. The van der Waals surface area contributed by atoms with Crippen molar-refractivity contribution in [1.29, 1.82) is 0 Å². The summed E-state index contributed by atoms with van der Waals surface area (Å²) in [6.45, 7) is 4.78. The molecule has 1 unspecified atom stereocenters. The second kappa shape index (κ2) is 9.71. The molecule has 1 amide bonds. The van der Waals surface area contributed by atoms with Crippen LogP contribution in [0.25, 0.3) is 6.08 Å². The van der Waals surface area contributed by atoms with Gasteiger partial charge in [-0.3, -0.25) is 0 Å². The maximum Gasteiger partial charge on any atom is -1.00 e. The molecule has 1 aliphatic rings. The smallest absolute Gasteiger partial charge is 1.00 e. The average Bonchev–Trinajstić information content (AvgIpc) is 2.96. The molecule has 0 bridgehead atoms. The Morgan fingerprint density at radius 3 is 2.29 bits per heavy atom. The molecule has 125 valence electrons. The summed E-state index contributed by atoms with van der Waals surface area (Å²) < 4.78 is 4.01. The second-order valence-electron chi connectivity index (χ2n) is 5.90. The van der Waals surface area contributed by atoms with E-state index >= 15 is 0 Å². The van der Waals surface area contributed by atoms with E-state index in [0.29, 0.717) is 3.67 Å². The van der Waals surface area contributed by atoms with Gasteiger partial charge < -0.3 is 24.8 Å². The molecule has 0 aromatic heterocycles. The minimum absolute atomic E-state index is 0. The van der Waals surface area contributed by atoms with Crippen LogP contribution < -0.4 is 28.1 Å². The fraction of sp³-hybridized carbons (Fsp3) is 0.167. The van der Waals surface area contributed by atoms with Crippen LogP contribution in [0.5, 0.6) is 0 Å². The first kappa shape index (κ1) is 21.4. The van der Waals surface area contributed by atoms with Crippen LogP contribution in [0.15, 0.2) is 60.7 Å². The summed E-state index contributed by atoms with van der Waals surface area (Å²) in [7, 11) is 0. The second-order valence-corrected chi connectivity index (χ2v) is 32.1. The molecule has 2 aromatic rings. The summed E-state index contributed by atoms with van der Waals surface area (Å²) in [6, 6.07) is 18.2. The van der Waals surface area contributed by atoms with Gasteiger partial charge in [-0.2, -0.15) is 0 Å². The molecule has 0 aliphatic heterocycles. The first-order valence-corrected chi connectivity index (χ1v) is 20.6. The Labute approximate surface area is 165 Å². The predicted molar refractivity (Wildman–Crippen MR) is 91.0 cm³/mol. The number of hydrogen-bond donors (Lipinski definition) is 1. The maximum atomic E-state index is 12.6. The van der Waals surface area contributed by atoms with E-state index in [4.69, 9.17) is 0 Å². The molecular formula is C18H20Cl2HfNOSi. The molecule has 1 N–H and O–H groups in total. The minimum Gasteiger partial charge on any atom is -1.00 e. The summed E-state index contributed by atoms with van der Waals surface area (Å²) >= 11 is -2.23. The van der Waals surface area contributed by atoms with Gasteiger partial charge in [0.15, 0.2) is 0 Å². The van der Waals surface area contributed by atoms with Crippen molar-refractivity contribution in [2.75, 3.05) is 0 Å². The average molecular weight is 544 g/mol. The fourth-order valence-electron chi connectivity index (χ4n) is 2.89. The monoisotopic (exact) mass is 544 g/mol. The Kier molecular flexibility index (Phi) is 8.64. The summed E-state index contributed by atoms with van der Waals surface area (Å²) in [5, 5.41) is 0. The van der Waals surface area contributed by atoms with Gasteiger partial charge in [-0.25, -0.2) is 0 Å². The van der Waals surface area contributed by atoms with Crippen LogP contribution in [0.3, 0.4) is 0 Å². The first-order valence-electron chi connectivity index (χ1n) is 7.67. The van der Waals surface area contributed by atoms with Gasteiger partial charge in [-0.1, -0.05) is 0 Å². The number of carbonyl (C=O) groups excluding carboxylic acids is 1. The molecule has 6 heteroatoms. The van der Waals surface area contributed by atoms with Gasteiger partial charge in [0.25, 0.3) is 0 Å². The number of nitrogens with one attached hydrogen (secondary N) is 1. The minimum atomic E-state index is -2.23. The van der Waals surface area contributed by atoms with Gasteiger partial charge in [0.05, 0.1) is 0 Å². The number of halogens is 2. The van der Waals surface area contributed by atoms with Gasteiger partial charge in [0, 0.05) is 0 Å². The molecule has 1 aliphatic carbocycles. The van der Waals surface area contributed by atoms with Crippen LogP contribution in [-0.4, -0.2) is 11.9 Å². The van der Waals surface area contributed by atoms with Crippen molar-refractivity contribution >= 4 is 18.0 Å². The molecule has 3 rings (SSSR count). The van der Waals surface area contributed by atoms with Crippen LogP contribution in [0.2, 0.25) is 13.1 Å². The summed E-state index contributed by atoms with van der Waals surface area (Å²) in [6.07, 6.45) is 4.57. The Balaban J connectivity index is 0.00000144. The van der Waals surface area contributed by atoms with Crippen molar-refractivity contribution in [3.05, 3.63) is 77.4 Å². The van der Waals surface area contributed by atoms with Crippen LogP contribution in [0, 0.1) is 0 Å². The van der Waals surface area contributed by atoms with Gasteiger partial charge in [0.2, 0.25) is 0 Å². The van der Waals surface area contributed by atoms with Gasteiger partial charge in [0.1, 0.15) is 0 Å². The third-order valence-corrected chi connectivity index (χ3v) is 28.9. The number of benzene rings is 2. The van der Waals surface area contributed by atoms with Crippen LogP contribution in [-0.2, 0) is 20.9 Å². The van der Waals surface area contributed by atoms with E-state index in [2.05, 4.69) is 52.8 Å². The summed E-state index contributed by atoms with van der Waals surface area (Å²) in [5.74, 6) is -0.721. The topological polar surface area (TPSA) is 29.1 Å². The number of carbonyl (C=O) groups is 1. The zero-order valence-corrected chi connectivity index (χ0v) is 19.9. The first-order chi connectivity index (χ1) is 10.7. The van der Waals surface area contributed by atoms with E-state index in [0.717, 1.165) is 5.56 Å². The maximum absolute atomic E-state index is 12.6. The molecular weight excluding hydrogens is 524 g/mol. The van der Waals surface area contributed by atoms with Gasteiger partial charge in [-0.15, -0.1) is 0 Å². The zero-order chi connectivity index (χ0) is 15.5. The van der Waals surface area contributed by atoms with Crippen molar-refractivity contribution in [1.82, 2.24) is 3.30 Å². The zero-order valence-electron chi connectivity index (χ0n) is 13.7. The third-order valence-electron chi connectivity index (χ3n) is 4.05. The molecule has 0 spiro atoms. The molecule has 0 fully saturated rings. The molecule has 0 saturated heterocycles. The molecule has 24 heavy (non-hydrogen) atoms. The SMILES string of the molecule is C[SiH](C)[Hf+2]([NH]C(=O)c1ccccc1)[CH]1C=Cc2ccccc21.[Cl-].[Cl-]. The Bertz CT molecular complexity index is 709. The van der Waals surface area contributed by atoms with Crippen LogP contribution in [0.1, 0.15) is 25.2 Å². The molecule has 0 heterocycles. The molecule has 2 aromatic carbocycles. The summed E-state index contributed by atoms with van der Waals surface area (Å²) in [4.78, 5) is 12.6. The van der Waals surface area contributed by atoms with E-state index < -0.39 is 26.9 Å². The van der Waals surface area contributed by atoms with Crippen molar-refractivity contribution in [3.63, 3.8) is 0 Å². The van der Waals surface area contributed by atoms with Crippen molar-refractivity contribution < 1.29 is 50.5 Å². The number of hydrogen-bond acceptors (Lipinski definition) is 1. The number of rotatable bonds is 4. The van der Waals surface area contributed by atoms with Crippen LogP contribution >= 0.6 is 0 Å². The predicted octanol–water partition coefficient (Wildman–Crippen LogP) is -2.29. The molecule has 1 atom stereocenters. The summed E-state index contributed by atoms with van der Waals surface area (Å²) in [5.41, 5.74) is 3.55. The number of fused-ring (bicyclic) bond motifs is 1. The van der Waals surface area contributed by atoms with E-state index in [-0.39, 0.29) is 30.7 Å². The fourth-order valence-corrected chi connectivity index (χ4v) is 23.5. The Morgan fingerprint density at radius 2 is 1.62 bits per heavy atom. The van der Waals surface area contributed by atoms with E-state index in [1.165, 1.54) is 11.1 Å². The van der Waals surface area contributed by atoms with Gasteiger partial charge >= 0.3 is 141 Å². The van der Waals surface area contributed by atoms with E-state index in [1.54, 1.807) is 0 Å². The van der Waals surface area contributed by atoms with Crippen molar-refractivity contribution in [3.8, 4) is 0 Å². The van der Waals surface area contributed by atoms with Gasteiger partial charge in [-0.05, 0) is 0 Å². The quantitative estimate of drug-likeness (QED) is 0.433. The largest absolute Gasteiger partial charge is 1.00 e. The molecule has 0 saturated carbocycles.